The van der Waals surface area contributed by atoms with Gasteiger partial charge in [0.1, 0.15) is 0 Å². The first-order valence-electron chi connectivity index (χ1n) is 11.8. The van der Waals surface area contributed by atoms with Gasteiger partial charge in [-0.25, -0.2) is 0 Å². The molecule has 0 unspecified atom stereocenters. The van der Waals surface area contributed by atoms with Crippen molar-refractivity contribution in [3.8, 4) is 0 Å². The van der Waals surface area contributed by atoms with Crippen molar-refractivity contribution in [3.05, 3.63) is 105 Å². The summed E-state index contributed by atoms with van der Waals surface area (Å²) < 4.78 is 3.46. The van der Waals surface area contributed by atoms with Crippen LogP contribution in [0.4, 0.5) is 15.9 Å². The summed E-state index contributed by atoms with van der Waals surface area (Å²) in [4.78, 5) is 31.0. The number of rotatable bonds is 2. The molecule has 2 aliphatic rings. The van der Waals surface area contributed by atoms with E-state index in [2.05, 4.69) is 89.7 Å². The summed E-state index contributed by atoms with van der Waals surface area (Å²) in [6.07, 6.45) is 1.85. The van der Waals surface area contributed by atoms with E-state index in [4.69, 9.17) is 0 Å². The van der Waals surface area contributed by atoms with E-state index in [1.165, 1.54) is 30.6 Å². The van der Waals surface area contributed by atoms with Gasteiger partial charge in [0.2, 0.25) is 0 Å². The Hall–Kier alpha value is -2.98. The van der Waals surface area contributed by atoms with E-state index < -0.39 is 8.07 Å². The van der Waals surface area contributed by atoms with Gasteiger partial charge in [-0.2, -0.15) is 0 Å². The number of para-hydroxylation sites is 2. The predicted molar refractivity (Wildman–Crippen MR) is 152 cm³/mol. The third-order valence-corrected chi connectivity index (χ3v) is 14.8. The summed E-state index contributed by atoms with van der Waals surface area (Å²) >= 11 is 0.216. The van der Waals surface area contributed by atoms with Gasteiger partial charge < -0.3 is 0 Å². The molecule has 2 aromatic heterocycles. The van der Waals surface area contributed by atoms with Gasteiger partial charge in [0, 0.05) is 0 Å². The summed E-state index contributed by atoms with van der Waals surface area (Å²) in [5.41, 5.74) is 3.95. The molecular weight excluding hydrogens is 592 g/mol. The van der Waals surface area contributed by atoms with E-state index in [0.29, 0.717) is 16.7 Å². The Morgan fingerprint density at radius 2 is 1.42 bits per heavy atom. The molecule has 0 amide bonds. The fourth-order valence-electron chi connectivity index (χ4n) is 5.50. The zero-order chi connectivity index (χ0) is 24.6. The second-order valence-corrected chi connectivity index (χ2v) is 18.4. The summed E-state index contributed by atoms with van der Waals surface area (Å²) in [7, 11) is -1.82. The van der Waals surface area contributed by atoms with E-state index >= 15 is 0 Å². The number of ketones is 2. The summed E-state index contributed by atoms with van der Waals surface area (Å²) in [5.74, 6) is -0.274. The van der Waals surface area contributed by atoms with E-state index in [1.54, 1.807) is 0 Å². The predicted octanol–water partition coefficient (Wildman–Crippen LogP) is 5.02. The number of hydrogen-bond donors (Lipinski definition) is 0. The van der Waals surface area contributed by atoms with Crippen LogP contribution in [-0.2, 0) is 0 Å². The van der Waals surface area contributed by atoms with Crippen molar-refractivity contribution in [2.45, 2.75) is 13.1 Å². The number of allylic oxidation sites excluding steroid dienone is 1. The number of Topliss-reactive ketones (excluding diaryl/α,β-unsaturated/α-hetero) is 2. The van der Waals surface area contributed by atoms with Gasteiger partial charge in [0.25, 0.3) is 0 Å². The molecule has 3 aromatic carbocycles. The number of anilines is 3. The molecule has 36 heavy (non-hydrogen) atoms. The molecule has 0 saturated carbocycles. The fourth-order valence-corrected chi connectivity index (χ4v) is 12.2. The number of fused-ring (bicyclic) bond motifs is 4. The van der Waals surface area contributed by atoms with E-state index in [9.17, 15) is 9.59 Å². The van der Waals surface area contributed by atoms with Gasteiger partial charge in [-0.3, -0.25) is 0 Å². The number of hydrogen-bond acceptors (Lipinski definition) is 3. The van der Waals surface area contributed by atoms with Crippen LogP contribution in [0.5, 0.6) is 0 Å². The second-order valence-electron chi connectivity index (χ2n) is 9.74. The molecule has 0 bridgehead atoms. The van der Waals surface area contributed by atoms with Crippen molar-refractivity contribution < 1.29 is 9.59 Å². The first kappa shape index (κ1) is 22.2. The van der Waals surface area contributed by atoms with Crippen molar-refractivity contribution in [1.29, 1.82) is 0 Å². The van der Waals surface area contributed by atoms with Crippen LogP contribution in [0, 0.1) is 0 Å². The monoisotopic (exact) mass is 615 g/mol. The molecule has 3 heterocycles. The summed E-state index contributed by atoms with van der Waals surface area (Å²) in [5, 5.41) is 3.96. The zero-order valence-electron chi connectivity index (χ0n) is 19.7. The van der Waals surface area contributed by atoms with Crippen molar-refractivity contribution in [2.24, 2.45) is 0 Å². The van der Waals surface area contributed by atoms with Crippen LogP contribution in [0.3, 0.4) is 0 Å². The molecule has 0 spiro atoms. The van der Waals surface area contributed by atoms with E-state index in [-0.39, 0.29) is 40.6 Å². The van der Waals surface area contributed by atoms with Gasteiger partial charge in [-0.1, -0.05) is 0 Å². The molecule has 0 N–H and O–H groups in total. The molecule has 1 aliphatic carbocycles. The number of nitrogens with zero attached hydrogens (tertiary/aromatic N) is 1. The molecular formula is C30H21NO2Se2Si. The molecule has 0 radical (unpaired) electrons. The topological polar surface area (TPSA) is 37.4 Å². The maximum absolute atomic E-state index is 13.2. The van der Waals surface area contributed by atoms with Crippen molar-refractivity contribution in [1.82, 2.24) is 0 Å². The van der Waals surface area contributed by atoms with Crippen LogP contribution in [-0.4, -0.2) is 48.6 Å². The van der Waals surface area contributed by atoms with Crippen molar-refractivity contribution in [2.75, 3.05) is 4.90 Å². The second kappa shape index (κ2) is 8.01. The standard InChI is InChI=1S/C30H21NO2Se2Si/c1-36(2)26-9-5-3-7-23(26)31(24-8-4-6-10-27(24)36)28-12-11-19(35-28)16-22-29(32)20-15-18-13-14-34-25(18)17-21(20)30(22)33/h3-17H,1-2H3/b22-16+. The third-order valence-electron chi connectivity index (χ3n) is 7.33. The third kappa shape index (κ3) is 3.16. The van der Waals surface area contributed by atoms with E-state index in [1.807, 2.05) is 18.2 Å². The molecule has 1 aliphatic heterocycles. The van der Waals surface area contributed by atoms with Crippen LogP contribution < -0.4 is 15.3 Å². The van der Waals surface area contributed by atoms with Gasteiger partial charge >= 0.3 is 223 Å². The normalized spacial score (nSPS) is 16.9. The van der Waals surface area contributed by atoms with Crippen LogP contribution in [0.2, 0.25) is 13.1 Å². The fraction of sp³-hybridized carbons (Fsp3) is 0.0667. The molecule has 0 fully saturated rings. The first-order valence-corrected chi connectivity index (χ1v) is 18.4. The Morgan fingerprint density at radius 1 is 0.778 bits per heavy atom. The molecule has 174 valence electrons. The van der Waals surface area contributed by atoms with Crippen molar-refractivity contribution in [3.63, 3.8) is 0 Å². The minimum atomic E-state index is -1.82. The van der Waals surface area contributed by atoms with Crippen LogP contribution >= 0.6 is 0 Å². The average molecular weight is 614 g/mol. The zero-order valence-corrected chi connectivity index (χ0v) is 24.2. The van der Waals surface area contributed by atoms with Gasteiger partial charge in [-0.05, 0) is 0 Å². The first-order chi connectivity index (χ1) is 17.4. The Labute approximate surface area is 222 Å². The van der Waals surface area contributed by atoms with E-state index in [0.717, 1.165) is 9.82 Å². The Kier molecular flexibility index (Phi) is 4.95. The number of benzene rings is 3. The molecule has 0 atom stereocenters. The molecule has 6 heteroatoms. The minimum absolute atomic E-state index is 0.0286. The van der Waals surface area contributed by atoms with Crippen LogP contribution in [0.25, 0.3) is 15.7 Å². The van der Waals surface area contributed by atoms with Crippen LogP contribution in [0.1, 0.15) is 25.2 Å². The average Bonchev–Trinajstić information content (AvgIpc) is 3.59. The van der Waals surface area contributed by atoms with Crippen molar-refractivity contribution >= 4 is 90.7 Å². The Morgan fingerprint density at radius 3 is 2.11 bits per heavy atom. The molecule has 0 saturated heterocycles. The van der Waals surface area contributed by atoms with Gasteiger partial charge in [-0.15, -0.1) is 0 Å². The molecule has 7 rings (SSSR count). The number of carbonyl (C=O) groups is 2. The summed E-state index contributed by atoms with van der Waals surface area (Å²) in [6, 6.07) is 27.7. The summed E-state index contributed by atoms with van der Waals surface area (Å²) in [6.45, 7) is 4.85. The quantitative estimate of drug-likeness (QED) is 0.160. The maximum atomic E-state index is 13.2. The number of carbonyl (C=O) groups excluding carboxylic acids is 2. The van der Waals surface area contributed by atoms with Crippen LogP contribution in [0.15, 0.2) is 89.4 Å². The molecule has 3 nitrogen and oxygen atoms in total. The Bertz CT molecular complexity index is 1670. The Balaban J connectivity index is 1.32. The molecule has 5 aromatic rings. The van der Waals surface area contributed by atoms with Gasteiger partial charge in [0.05, 0.1) is 0 Å². The van der Waals surface area contributed by atoms with Gasteiger partial charge in [0.15, 0.2) is 0 Å². The SMILES string of the molecule is C[Si]1(C)c2ccccc2N(c2ccc(/C=C3\C(=O)c4cc5cc[se]c5cc4C3=O)[se]2)c2ccccc21.